The number of unbranched alkanes of at least 4 members (excludes halogenated alkanes) is 2. The van der Waals surface area contributed by atoms with Gasteiger partial charge in [-0.3, -0.25) is 4.79 Å². The fourth-order valence-electron chi connectivity index (χ4n) is 4.61. The molecule has 0 aromatic heterocycles. The lowest BCUT2D eigenvalue weighted by atomic mass is 9.81. The van der Waals surface area contributed by atoms with E-state index in [2.05, 4.69) is 18.6 Å². The second-order valence-corrected chi connectivity index (χ2v) is 10.8. The van der Waals surface area contributed by atoms with Crippen molar-refractivity contribution in [3.63, 3.8) is 0 Å². The van der Waals surface area contributed by atoms with E-state index in [9.17, 15) is 13.2 Å². The van der Waals surface area contributed by atoms with Gasteiger partial charge in [-0.2, -0.15) is 0 Å². The van der Waals surface area contributed by atoms with Crippen molar-refractivity contribution in [1.29, 1.82) is 0 Å². The summed E-state index contributed by atoms with van der Waals surface area (Å²) in [6.45, 7) is 4.04. The van der Waals surface area contributed by atoms with E-state index < -0.39 is 27.6 Å². The van der Waals surface area contributed by atoms with Crippen molar-refractivity contribution in [3.05, 3.63) is 52.2 Å². The number of allylic oxidation sites excluding steroid dienone is 1. The van der Waals surface area contributed by atoms with Gasteiger partial charge in [0.05, 0.1) is 24.1 Å². The lowest BCUT2D eigenvalue weighted by Gasteiger charge is -2.48. The number of benzene rings is 1. The van der Waals surface area contributed by atoms with Crippen molar-refractivity contribution in [3.8, 4) is 0 Å². The molecule has 2 N–H and O–H groups in total. The number of carboxylic acid groups (broad SMARTS) is 1. The Bertz CT molecular complexity index is 999. The zero-order valence-corrected chi connectivity index (χ0v) is 20.8. The lowest BCUT2D eigenvalue weighted by molar-refractivity contribution is -0.137. The fourth-order valence-corrected chi connectivity index (χ4v) is 6.86. The molecule has 7 nitrogen and oxygen atoms in total. The van der Waals surface area contributed by atoms with Crippen LogP contribution in [-0.2, 0) is 19.6 Å². The molecule has 2 aliphatic rings. The molecule has 0 spiro atoms. The standard InChI is InChI=1S/C24H33ClN2O5S/c1-3-5-13-24(14-6-4-2)16-20-23(33(30,31)26-24)22(32-15-12-21(28)29)19(25)17-27(20)18-10-8-7-9-11-18/h7-11,17,20,26H,3-6,12-16H2,1-2H3,(H,28,29). The van der Waals surface area contributed by atoms with Gasteiger partial charge >= 0.3 is 5.97 Å². The molecule has 33 heavy (non-hydrogen) atoms. The zero-order valence-electron chi connectivity index (χ0n) is 19.2. The maximum Gasteiger partial charge on any atom is 0.306 e. The largest absolute Gasteiger partial charge is 0.490 e. The van der Waals surface area contributed by atoms with Gasteiger partial charge in [-0.25, -0.2) is 13.1 Å². The number of sulfonamides is 1. The molecule has 9 heteroatoms. The van der Waals surface area contributed by atoms with Crippen LogP contribution in [0.15, 0.2) is 52.2 Å². The number of hydrogen-bond acceptors (Lipinski definition) is 5. The Morgan fingerprint density at radius 3 is 2.42 bits per heavy atom. The number of halogens is 1. The number of ether oxygens (including phenoxy) is 1. The summed E-state index contributed by atoms with van der Waals surface area (Å²) < 4.78 is 36.1. The lowest BCUT2D eigenvalue weighted by Crippen LogP contribution is -2.60. The van der Waals surface area contributed by atoms with Gasteiger partial charge < -0.3 is 14.7 Å². The van der Waals surface area contributed by atoms with E-state index in [0.29, 0.717) is 6.42 Å². The number of hydrogen-bond donors (Lipinski definition) is 2. The Hall–Kier alpha value is -2.03. The van der Waals surface area contributed by atoms with Crippen LogP contribution in [0.2, 0.25) is 0 Å². The normalized spacial score (nSPS) is 21.4. The minimum absolute atomic E-state index is 0.0437. The highest BCUT2D eigenvalue weighted by Gasteiger charge is 2.50. The van der Waals surface area contributed by atoms with E-state index in [0.717, 1.165) is 44.2 Å². The van der Waals surface area contributed by atoms with E-state index in [4.69, 9.17) is 21.4 Å². The van der Waals surface area contributed by atoms with Crippen molar-refractivity contribution in [2.75, 3.05) is 11.5 Å². The number of fused-ring (bicyclic) bond motifs is 1. The molecule has 182 valence electrons. The Kier molecular flexibility index (Phi) is 8.48. The van der Waals surface area contributed by atoms with E-state index in [-0.39, 0.29) is 28.7 Å². The van der Waals surface area contributed by atoms with Crippen LogP contribution in [0.5, 0.6) is 0 Å². The highest BCUT2D eigenvalue weighted by molar-refractivity contribution is 7.93. The third kappa shape index (κ3) is 5.91. The number of anilines is 1. The molecule has 2 aliphatic heterocycles. The highest BCUT2D eigenvalue weighted by Crippen LogP contribution is 2.44. The summed E-state index contributed by atoms with van der Waals surface area (Å²) >= 11 is 6.52. The van der Waals surface area contributed by atoms with Crippen LogP contribution < -0.4 is 9.62 Å². The number of rotatable bonds is 11. The van der Waals surface area contributed by atoms with E-state index in [1.165, 1.54) is 0 Å². The Labute approximate surface area is 201 Å². The molecule has 1 aromatic carbocycles. The average molecular weight is 497 g/mol. The number of nitrogens with zero attached hydrogens (tertiary/aromatic N) is 1. The van der Waals surface area contributed by atoms with Gasteiger partial charge in [-0.1, -0.05) is 69.3 Å². The molecule has 1 atom stereocenters. The highest BCUT2D eigenvalue weighted by atomic mass is 35.5. The number of carboxylic acids is 1. The van der Waals surface area contributed by atoms with Crippen molar-refractivity contribution in [2.24, 2.45) is 0 Å². The van der Waals surface area contributed by atoms with Crippen LogP contribution in [0, 0.1) is 0 Å². The van der Waals surface area contributed by atoms with Crippen LogP contribution >= 0.6 is 11.6 Å². The second kappa shape index (κ2) is 10.9. The third-order valence-electron chi connectivity index (χ3n) is 6.19. The van der Waals surface area contributed by atoms with Crippen LogP contribution in [0.3, 0.4) is 0 Å². The molecule has 0 radical (unpaired) electrons. The molecule has 0 aliphatic carbocycles. The van der Waals surface area contributed by atoms with Crippen molar-refractivity contribution >= 4 is 33.3 Å². The molecule has 1 saturated heterocycles. The number of aliphatic carboxylic acids is 1. The van der Waals surface area contributed by atoms with E-state index in [1.807, 2.05) is 35.2 Å². The molecule has 1 fully saturated rings. The first-order valence-electron chi connectivity index (χ1n) is 11.6. The van der Waals surface area contributed by atoms with Gasteiger partial charge in [0, 0.05) is 17.4 Å². The topological polar surface area (TPSA) is 95.9 Å². The summed E-state index contributed by atoms with van der Waals surface area (Å²) in [7, 11) is -3.94. The first-order chi connectivity index (χ1) is 15.7. The van der Waals surface area contributed by atoms with Gasteiger partial charge in [-0.05, 0) is 31.4 Å². The minimum atomic E-state index is -3.94. The molecule has 0 bridgehead atoms. The van der Waals surface area contributed by atoms with Crippen LogP contribution in [0.25, 0.3) is 0 Å². The van der Waals surface area contributed by atoms with Gasteiger partial charge in [0.2, 0.25) is 10.0 Å². The van der Waals surface area contributed by atoms with Crippen molar-refractivity contribution in [2.45, 2.75) is 76.8 Å². The maximum atomic E-state index is 13.7. The minimum Gasteiger partial charge on any atom is -0.490 e. The van der Waals surface area contributed by atoms with E-state index in [1.54, 1.807) is 6.20 Å². The molecule has 1 unspecified atom stereocenters. The molecule has 2 heterocycles. The van der Waals surface area contributed by atoms with Crippen molar-refractivity contribution < 1.29 is 23.1 Å². The monoisotopic (exact) mass is 496 g/mol. The maximum absolute atomic E-state index is 13.7. The summed E-state index contributed by atoms with van der Waals surface area (Å²) in [6, 6.07) is 9.04. The van der Waals surface area contributed by atoms with Gasteiger partial charge in [0.1, 0.15) is 4.91 Å². The van der Waals surface area contributed by atoms with Crippen LogP contribution in [0.4, 0.5) is 5.69 Å². The van der Waals surface area contributed by atoms with Gasteiger partial charge in [0.25, 0.3) is 0 Å². The number of para-hydroxylation sites is 1. The quantitative estimate of drug-likeness (QED) is 0.442. The SMILES string of the molecule is CCCCC1(CCCC)CC2C(=C(OCCC(=O)O)C(Cl)=CN2c2ccccc2)S(=O)(=O)N1. The average Bonchev–Trinajstić information content (AvgIpc) is 2.77. The second-order valence-electron chi connectivity index (χ2n) is 8.72. The third-order valence-corrected chi connectivity index (χ3v) is 8.20. The van der Waals surface area contributed by atoms with Crippen molar-refractivity contribution in [1.82, 2.24) is 4.72 Å². The zero-order chi connectivity index (χ0) is 24.1. The number of carbonyl (C=O) groups is 1. The summed E-state index contributed by atoms with van der Waals surface area (Å²) in [4.78, 5) is 13.0. The Balaban J connectivity index is 2.10. The fraction of sp³-hybridized carbons (Fsp3) is 0.542. The molecular formula is C24H33ClN2O5S. The Morgan fingerprint density at radius 1 is 1.21 bits per heavy atom. The van der Waals surface area contributed by atoms with Gasteiger partial charge in [-0.15, -0.1) is 0 Å². The summed E-state index contributed by atoms with van der Waals surface area (Å²) in [5, 5.41) is 9.12. The van der Waals surface area contributed by atoms with Gasteiger partial charge in [0.15, 0.2) is 5.76 Å². The number of nitrogens with one attached hydrogen (secondary N) is 1. The molecule has 1 aromatic rings. The van der Waals surface area contributed by atoms with E-state index >= 15 is 0 Å². The van der Waals surface area contributed by atoms with Crippen LogP contribution in [-0.4, -0.2) is 37.7 Å². The van der Waals surface area contributed by atoms with Crippen LogP contribution in [0.1, 0.15) is 65.2 Å². The molecule has 0 saturated carbocycles. The summed E-state index contributed by atoms with van der Waals surface area (Å²) in [5.41, 5.74) is 0.273. The predicted molar refractivity (Wildman–Crippen MR) is 130 cm³/mol. The predicted octanol–water partition coefficient (Wildman–Crippen LogP) is 5.10. The summed E-state index contributed by atoms with van der Waals surface area (Å²) in [5.74, 6) is -0.982. The first-order valence-corrected chi connectivity index (χ1v) is 13.4. The molecular weight excluding hydrogens is 464 g/mol. The first kappa shape index (κ1) is 25.6. The summed E-state index contributed by atoms with van der Waals surface area (Å²) in [6.07, 6.45) is 7.31. The molecule has 0 amide bonds. The Morgan fingerprint density at radius 2 is 1.85 bits per heavy atom. The molecule has 3 rings (SSSR count). The smallest absolute Gasteiger partial charge is 0.306 e.